The van der Waals surface area contributed by atoms with Crippen LogP contribution in [0, 0.1) is 0 Å². The maximum atomic E-state index is 12.7. The third-order valence-corrected chi connectivity index (χ3v) is 3.94. The van der Waals surface area contributed by atoms with Crippen LogP contribution in [0.25, 0.3) is 0 Å². The number of nitrogens with one attached hydrogen (secondary N) is 1. The highest BCUT2D eigenvalue weighted by atomic mass is 16.6. The molecule has 1 heterocycles. The average molecular weight is 338 g/mol. The van der Waals surface area contributed by atoms with E-state index in [1.54, 1.807) is 0 Å². The van der Waals surface area contributed by atoms with E-state index in [0.717, 1.165) is 16.9 Å². The Morgan fingerprint density at radius 2 is 1.68 bits per heavy atom. The lowest BCUT2D eigenvalue weighted by Crippen LogP contribution is -2.37. The van der Waals surface area contributed by atoms with Gasteiger partial charge in [0.2, 0.25) is 5.91 Å². The summed E-state index contributed by atoms with van der Waals surface area (Å²) in [5.41, 5.74) is 1.71. The van der Waals surface area contributed by atoms with Gasteiger partial charge in [-0.15, -0.1) is 0 Å². The van der Waals surface area contributed by atoms with Crippen molar-refractivity contribution in [1.29, 1.82) is 0 Å². The molecule has 0 saturated heterocycles. The molecule has 3 rings (SSSR count). The summed E-state index contributed by atoms with van der Waals surface area (Å²) < 4.78 is 5.48. The van der Waals surface area contributed by atoms with E-state index in [1.807, 2.05) is 75.4 Å². The zero-order valence-corrected chi connectivity index (χ0v) is 14.7. The first-order chi connectivity index (χ1) is 11.8. The van der Waals surface area contributed by atoms with Crippen molar-refractivity contribution in [3.05, 3.63) is 60.2 Å². The van der Waals surface area contributed by atoms with Crippen LogP contribution in [-0.2, 0) is 9.53 Å². The van der Waals surface area contributed by atoms with Crippen LogP contribution in [0.4, 0.5) is 16.2 Å². The molecular formula is C20H22N2O3. The fourth-order valence-electron chi connectivity index (χ4n) is 2.87. The highest BCUT2D eigenvalue weighted by Gasteiger charge is 2.38. The van der Waals surface area contributed by atoms with Crippen LogP contribution in [0.3, 0.4) is 0 Å². The molecule has 1 N–H and O–H groups in total. The molecule has 1 unspecified atom stereocenters. The van der Waals surface area contributed by atoms with E-state index in [2.05, 4.69) is 5.32 Å². The second-order valence-corrected chi connectivity index (χ2v) is 7.06. The van der Waals surface area contributed by atoms with Gasteiger partial charge in [0.15, 0.2) is 0 Å². The van der Waals surface area contributed by atoms with Crippen LogP contribution in [0.2, 0.25) is 0 Å². The summed E-state index contributed by atoms with van der Waals surface area (Å²) in [6.07, 6.45) is -0.435. The average Bonchev–Trinajstić information content (AvgIpc) is 2.94. The Morgan fingerprint density at radius 3 is 2.36 bits per heavy atom. The van der Waals surface area contributed by atoms with Crippen LogP contribution >= 0.6 is 0 Å². The summed E-state index contributed by atoms with van der Waals surface area (Å²) in [4.78, 5) is 26.8. The highest BCUT2D eigenvalue weighted by molar-refractivity contribution is 6.02. The standard InChI is InChI=1S/C20H22N2O3/c1-20(2,3)25-19(24)22-13-16(15-11-7-8-12-17(15)22)18(23)21-14-9-5-4-6-10-14/h4-12,16H,13H2,1-3H3,(H,21,23). The number of nitrogens with zero attached hydrogens (tertiary/aromatic N) is 1. The quantitative estimate of drug-likeness (QED) is 0.894. The molecule has 2 aromatic carbocycles. The number of hydrogen-bond acceptors (Lipinski definition) is 3. The Kier molecular flexibility index (Phi) is 4.49. The van der Waals surface area contributed by atoms with Crippen molar-refractivity contribution < 1.29 is 14.3 Å². The van der Waals surface area contributed by atoms with E-state index in [-0.39, 0.29) is 12.5 Å². The van der Waals surface area contributed by atoms with Crippen molar-refractivity contribution in [3.8, 4) is 0 Å². The number of carbonyl (C=O) groups excluding carboxylic acids is 2. The molecule has 5 nitrogen and oxygen atoms in total. The van der Waals surface area contributed by atoms with E-state index in [4.69, 9.17) is 4.74 Å². The van der Waals surface area contributed by atoms with E-state index < -0.39 is 17.6 Å². The Morgan fingerprint density at radius 1 is 1.04 bits per heavy atom. The zero-order chi connectivity index (χ0) is 18.0. The summed E-state index contributed by atoms with van der Waals surface area (Å²) >= 11 is 0. The van der Waals surface area contributed by atoms with Crippen LogP contribution in [0.15, 0.2) is 54.6 Å². The molecule has 0 radical (unpaired) electrons. The molecule has 1 aliphatic rings. The molecule has 0 bridgehead atoms. The van der Waals surface area contributed by atoms with Crippen molar-refractivity contribution in [1.82, 2.24) is 0 Å². The smallest absolute Gasteiger partial charge is 0.414 e. The normalized spacial score (nSPS) is 16.3. The molecule has 1 atom stereocenters. The SMILES string of the molecule is CC(C)(C)OC(=O)N1CC(C(=O)Nc2ccccc2)c2ccccc21. The lowest BCUT2D eigenvalue weighted by Gasteiger charge is -2.25. The summed E-state index contributed by atoms with van der Waals surface area (Å²) in [7, 11) is 0. The molecule has 0 spiro atoms. The topological polar surface area (TPSA) is 58.6 Å². The number of ether oxygens (including phenoxy) is 1. The first-order valence-electron chi connectivity index (χ1n) is 8.30. The van der Waals surface area contributed by atoms with Crippen molar-refractivity contribution in [2.75, 3.05) is 16.8 Å². The van der Waals surface area contributed by atoms with Crippen LogP contribution < -0.4 is 10.2 Å². The molecule has 130 valence electrons. The maximum Gasteiger partial charge on any atom is 0.414 e. The maximum absolute atomic E-state index is 12.7. The van der Waals surface area contributed by atoms with E-state index in [1.165, 1.54) is 4.90 Å². The van der Waals surface area contributed by atoms with Crippen molar-refractivity contribution in [2.45, 2.75) is 32.3 Å². The van der Waals surface area contributed by atoms with Gasteiger partial charge in [0.05, 0.1) is 11.6 Å². The second-order valence-electron chi connectivity index (χ2n) is 7.06. The van der Waals surface area contributed by atoms with Gasteiger partial charge in [-0.3, -0.25) is 9.69 Å². The summed E-state index contributed by atoms with van der Waals surface area (Å²) in [5, 5.41) is 2.91. The fourth-order valence-corrected chi connectivity index (χ4v) is 2.87. The lowest BCUT2D eigenvalue weighted by atomic mass is 10.0. The van der Waals surface area contributed by atoms with Gasteiger partial charge < -0.3 is 10.1 Å². The van der Waals surface area contributed by atoms with Crippen molar-refractivity contribution in [2.24, 2.45) is 0 Å². The van der Waals surface area contributed by atoms with E-state index in [9.17, 15) is 9.59 Å². The number of anilines is 2. The van der Waals surface area contributed by atoms with Gasteiger partial charge in [0.25, 0.3) is 0 Å². The van der Waals surface area contributed by atoms with E-state index >= 15 is 0 Å². The molecular weight excluding hydrogens is 316 g/mol. The molecule has 0 aliphatic carbocycles. The Hall–Kier alpha value is -2.82. The number of benzene rings is 2. The third-order valence-electron chi connectivity index (χ3n) is 3.94. The summed E-state index contributed by atoms with van der Waals surface area (Å²) in [6.45, 7) is 5.75. The molecule has 0 saturated carbocycles. The number of fused-ring (bicyclic) bond motifs is 1. The van der Waals surface area contributed by atoms with Crippen molar-refractivity contribution >= 4 is 23.4 Å². The minimum atomic E-state index is -0.587. The summed E-state index contributed by atoms with van der Waals surface area (Å²) in [5.74, 6) is -0.561. The van der Waals surface area contributed by atoms with Gasteiger partial charge in [0, 0.05) is 12.2 Å². The molecule has 2 amide bonds. The van der Waals surface area contributed by atoms with Crippen LogP contribution in [0.1, 0.15) is 32.3 Å². The lowest BCUT2D eigenvalue weighted by molar-refractivity contribution is -0.117. The highest BCUT2D eigenvalue weighted by Crippen LogP contribution is 2.37. The molecule has 1 aliphatic heterocycles. The van der Waals surface area contributed by atoms with Gasteiger partial charge in [-0.2, -0.15) is 0 Å². The molecule has 0 aromatic heterocycles. The van der Waals surface area contributed by atoms with Gasteiger partial charge in [-0.05, 0) is 44.5 Å². The minimum absolute atomic E-state index is 0.135. The largest absolute Gasteiger partial charge is 0.443 e. The second kappa shape index (κ2) is 6.59. The zero-order valence-electron chi connectivity index (χ0n) is 14.7. The van der Waals surface area contributed by atoms with Crippen LogP contribution in [0.5, 0.6) is 0 Å². The number of carbonyl (C=O) groups is 2. The first-order valence-corrected chi connectivity index (χ1v) is 8.30. The minimum Gasteiger partial charge on any atom is -0.443 e. The molecule has 0 fully saturated rings. The number of amides is 2. The summed E-state index contributed by atoms with van der Waals surface area (Å²) in [6, 6.07) is 16.8. The number of rotatable bonds is 2. The van der Waals surface area contributed by atoms with Crippen molar-refractivity contribution in [3.63, 3.8) is 0 Å². The Labute approximate surface area is 147 Å². The monoisotopic (exact) mass is 338 g/mol. The predicted octanol–water partition coefficient (Wildman–Crippen LogP) is 4.16. The Balaban J connectivity index is 1.83. The van der Waals surface area contributed by atoms with Crippen LogP contribution in [-0.4, -0.2) is 24.1 Å². The number of para-hydroxylation sites is 2. The molecule has 25 heavy (non-hydrogen) atoms. The molecule has 5 heteroatoms. The van der Waals surface area contributed by atoms with Gasteiger partial charge in [-0.25, -0.2) is 4.79 Å². The molecule has 2 aromatic rings. The van der Waals surface area contributed by atoms with Gasteiger partial charge in [0.1, 0.15) is 5.60 Å². The first kappa shape index (κ1) is 17.0. The van der Waals surface area contributed by atoms with Gasteiger partial charge >= 0.3 is 6.09 Å². The number of hydrogen-bond donors (Lipinski definition) is 1. The third kappa shape index (κ3) is 3.82. The Bertz CT molecular complexity index is 781. The van der Waals surface area contributed by atoms with Gasteiger partial charge in [-0.1, -0.05) is 36.4 Å². The van der Waals surface area contributed by atoms with E-state index in [0.29, 0.717) is 0 Å². The predicted molar refractivity (Wildman–Crippen MR) is 97.8 cm³/mol. The fraction of sp³-hybridized carbons (Fsp3) is 0.300.